The van der Waals surface area contributed by atoms with Crippen molar-refractivity contribution in [1.29, 1.82) is 0 Å². The Morgan fingerprint density at radius 1 is 1.03 bits per heavy atom. The summed E-state index contributed by atoms with van der Waals surface area (Å²) in [6.07, 6.45) is 3.81. The number of amides is 2. The van der Waals surface area contributed by atoms with Gasteiger partial charge in [0.05, 0.1) is 23.5 Å². The van der Waals surface area contributed by atoms with Crippen molar-refractivity contribution in [3.63, 3.8) is 0 Å². The van der Waals surface area contributed by atoms with Gasteiger partial charge in [-0.1, -0.05) is 50.2 Å². The minimum Gasteiger partial charge on any atom is -0.349 e. The van der Waals surface area contributed by atoms with Crippen LogP contribution in [0.5, 0.6) is 0 Å². The van der Waals surface area contributed by atoms with Crippen molar-refractivity contribution < 1.29 is 9.59 Å². The van der Waals surface area contributed by atoms with E-state index in [1.165, 1.54) is 10.8 Å². The summed E-state index contributed by atoms with van der Waals surface area (Å²) in [7, 11) is 0. The van der Waals surface area contributed by atoms with Crippen LogP contribution in [0.3, 0.4) is 0 Å². The van der Waals surface area contributed by atoms with Gasteiger partial charge in [-0.05, 0) is 85.7 Å². The number of carbonyl (C=O) groups is 2. The fourth-order valence-electron chi connectivity index (χ4n) is 6.89. The number of carbonyl (C=O) groups excluding carboxylic acids is 2. The van der Waals surface area contributed by atoms with Gasteiger partial charge in [-0.3, -0.25) is 9.59 Å². The van der Waals surface area contributed by atoms with Crippen LogP contribution in [0.15, 0.2) is 42.5 Å². The smallest absolute Gasteiger partial charge is 0.237 e. The van der Waals surface area contributed by atoms with Gasteiger partial charge in [0.1, 0.15) is 0 Å². The van der Waals surface area contributed by atoms with Gasteiger partial charge >= 0.3 is 0 Å². The first-order valence-corrected chi connectivity index (χ1v) is 12.5. The molecule has 3 saturated carbocycles. The zero-order valence-corrected chi connectivity index (χ0v) is 20.3. The Labute approximate surface area is 197 Å². The summed E-state index contributed by atoms with van der Waals surface area (Å²) in [4.78, 5) is 26.8. The second-order valence-corrected chi connectivity index (χ2v) is 11.4. The highest BCUT2D eigenvalue weighted by atomic mass is 16.2. The number of benzene rings is 2. The molecule has 2 amide bonds. The Morgan fingerprint density at radius 3 is 2.48 bits per heavy atom. The molecule has 5 heteroatoms. The van der Waals surface area contributed by atoms with E-state index in [-0.39, 0.29) is 35.2 Å². The molecule has 4 aliphatic rings. The molecule has 1 saturated heterocycles. The number of rotatable bonds is 5. The van der Waals surface area contributed by atoms with E-state index in [2.05, 4.69) is 67.1 Å². The normalized spacial score (nSPS) is 33.2. The Kier molecular flexibility index (Phi) is 5.51. The van der Waals surface area contributed by atoms with Gasteiger partial charge in [-0.2, -0.15) is 0 Å². The SMILES string of the molecule is C[C@@H](NC(=O)[C@@H]1C[C@@H]2C[C@@H](C2(C)C)[C@]1(C)NC(=O)[C@@H]1CCCN1)c1ccc2ccccc2c1. The molecule has 0 spiro atoms. The van der Waals surface area contributed by atoms with E-state index < -0.39 is 5.54 Å². The first-order valence-electron chi connectivity index (χ1n) is 12.5. The number of nitrogens with one attached hydrogen (secondary N) is 3. The second-order valence-electron chi connectivity index (χ2n) is 11.4. The van der Waals surface area contributed by atoms with Crippen molar-refractivity contribution in [2.75, 3.05) is 6.54 Å². The molecule has 2 bridgehead atoms. The summed E-state index contributed by atoms with van der Waals surface area (Å²) < 4.78 is 0. The van der Waals surface area contributed by atoms with Crippen molar-refractivity contribution in [2.45, 2.75) is 71.0 Å². The molecule has 6 atom stereocenters. The first kappa shape index (κ1) is 22.4. The lowest BCUT2D eigenvalue weighted by molar-refractivity contribution is -0.171. The van der Waals surface area contributed by atoms with Crippen LogP contribution in [-0.4, -0.2) is 29.9 Å². The lowest BCUT2D eigenvalue weighted by atomic mass is 9.40. The molecule has 6 rings (SSSR count). The van der Waals surface area contributed by atoms with Crippen LogP contribution < -0.4 is 16.0 Å². The third-order valence-corrected chi connectivity index (χ3v) is 9.16. The monoisotopic (exact) mass is 447 g/mol. The highest BCUT2D eigenvalue weighted by Crippen LogP contribution is 2.64. The molecule has 3 aliphatic carbocycles. The molecule has 176 valence electrons. The summed E-state index contributed by atoms with van der Waals surface area (Å²) in [5, 5.41) is 12.4. The Balaban J connectivity index is 1.36. The van der Waals surface area contributed by atoms with Crippen LogP contribution in [0.1, 0.15) is 65.0 Å². The maximum absolute atomic E-state index is 13.7. The molecular formula is C28H37N3O2. The topological polar surface area (TPSA) is 70.2 Å². The summed E-state index contributed by atoms with van der Waals surface area (Å²) in [6, 6.07) is 14.4. The average molecular weight is 448 g/mol. The van der Waals surface area contributed by atoms with Crippen LogP contribution in [-0.2, 0) is 9.59 Å². The molecule has 0 unspecified atom stereocenters. The third kappa shape index (κ3) is 3.74. The third-order valence-electron chi connectivity index (χ3n) is 9.16. The number of hydrogen-bond acceptors (Lipinski definition) is 3. The minimum absolute atomic E-state index is 0.0523. The maximum Gasteiger partial charge on any atom is 0.237 e. The minimum atomic E-state index is -0.535. The summed E-state index contributed by atoms with van der Waals surface area (Å²) in [6.45, 7) is 9.66. The van der Waals surface area contributed by atoms with E-state index >= 15 is 0 Å². The predicted octanol–water partition coefficient (Wildman–Crippen LogP) is 4.33. The molecule has 0 radical (unpaired) electrons. The number of fused-ring (bicyclic) bond motifs is 3. The molecule has 0 aromatic heterocycles. The zero-order valence-electron chi connectivity index (χ0n) is 20.3. The maximum atomic E-state index is 13.7. The van der Waals surface area contributed by atoms with Gasteiger partial charge in [0.2, 0.25) is 11.8 Å². The number of hydrogen-bond donors (Lipinski definition) is 3. The lowest BCUT2D eigenvalue weighted by Crippen LogP contribution is -2.73. The summed E-state index contributed by atoms with van der Waals surface area (Å²) in [5.74, 6) is 0.728. The van der Waals surface area contributed by atoms with Crippen LogP contribution in [0.4, 0.5) is 0 Å². The van der Waals surface area contributed by atoms with Crippen LogP contribution >= 0.6 is 0 Å². The molecule has 3 N–H and O–H groups in total. The predicted molar refractivity (Wildman–Crippen MR) is 132 cm³/mol. The Hall–Kier alpha value is -2.40. The second kappa shape index (κ2) is 8.12. The molecule has 4 fully saturated rings. The standard InChI is InChI=1S/C28H37N3O2/c1-17(19-12-11-18-8-5-6-9-20(18)14-19)30-25(32)22-15-21-16-24(27(21,2)3)28(22,4)31-26(33)23-10-7-13-29-23/h5-6,8-9,11-12,14,17,21-24,29H,7,10,13,15-16H2,1-4H3,(H,30,32)(H,31,33)/t17-,21-,22+,23+,24+,28-/m1/s1. The highest BCUT2D eigenvalue weighted by Gasteiger charge is 2.65. The first-order chi connectivity index (χ1) is 15.7. The zero-order chi connectivity index (χ0) is 23.4. The summed E-state index contributed by atoms with van der Waals surface area (Å²) in [5.41, 5.74) is 0.711. The van der Waals surface area contributed by atoms with Gasteiger partial charge in [-0.25, -0.2) is 0 Å². The largest absolute Gasteiger partial charge is 0.349 e. The van der Waals surface area contributed by atoms with Crippen molar-refractivity contribution in [2.24, 2.45) is 23.2 Å². The highest BCUT2D eigenvalue weighted by molar-refractivity contribution is 5.86. The lowest BCUT2D eigenvalue weighted by Gasteiger charge is -2.66. The molecular weight excluding hydrogens is 410 g/mol. The van der Waals surface area contributed by atoms with Crippen molar-refractivity contribution in [1.82, 2.24) is 16.0 Å². The molecule has 5 nitrogen and oxygen atoms in total. The molecule has 1 heterocycles. The van der Waals surface area contributed by atoms with Gasteiger partial charge < -0.3 is 16.0 Å². The fraction of sp³-hybridized carbons (Fsp3) is 0.571. The Bertz CT molecular complexity index is 1070. The van der Waals surface area contributed by atoms with E-state index in [0.29, 0.717) is 11.8 Å². The van der Waals surface area contributed by atoms with Crippen LogP contribution in [0.2, 0.25) is 0 Å². The average Bonchev–Trinajstić information content (AvgIpc) is 3.33. The molecule has 2 aromatic carbocycles. The van der Waals surface area contributed by atoms with E-state index in [9.17, 15) is 9.59 Å². The van der Waals surface area contributed by atoms with Crippen molar-refractivity contribution in [3.8, 4) is 0 Å². The van der Waals surface area contributed by atoms with E-state index in [0.717, 1.165) is 37.8 Å². The van der Waals surface area contributed by atoms with Gasteiger partial charge in [0.15, 0.2) is 0 Å². The molecule has 33 heavy (non-hydrogen) atoms. The van der Waals surface area contributed by atoms with E-state index in [4.69, 9.17) is 0 Å². The van der Waals surface area contributed by atoms with Gasteiger partial charge in [0.25, 0.3) is 0 Å². The van der Waals surface area contributed by atoms with Gasteiger partial charge in [-0.15, -0.1) is 0 Å². The van der Waals surface area contributed by atoms with Crippen molar-refractivity contribution in [3.05, 3.63) is 48.0 Å². The van der Waals surface area contributed by atoms with Crippen LogP contribution in [0, 0.1) is 23.2 Å². The Morgan fingerprint density at radius 2 is 1.79 bits per heavy atom. The quantitative estimate of drug-likeness (QED) is 0.639. The van der Waals surface area contributed by atoms with Crippen LogP contribution in [0.25, 0.3) is 10.8 Å². The molecule has 1 aliphatic heterocycles. The van der Waals surface area contributed by atoms with E-state index in [1.54, 1.807) is 0 Å². The fourth-order valence-corrected chi connectivity index (χ4v) is 6.89. The van der Waals surface area contributed by atoms with E-state index in [1.807, 2.05) is 19.1 Å². The van der Waals surface area contributed by atoms with Gasteiger partial charge in [0, 0.05) is 0 Å². The van der Waals surface area contributed by atoms with Crippen molar-refractivity contribution >= 4 is 22.6 Å². The summed E-state index contributed by atoms with van der Waals surface area (Å²) >= 11 is 0. The molecule has 2 aromatic rings.